The van der Waals surface area contributed by atoms with Gasteiger partial charge in [-0.15, -0.1) is 0 Å². The molecule has 2 saturated heterocycles. The summed E-state index contributed by atoms with van der Waals surface area (Å²) in [7, 11) is 4.09. The fourth-order valence-electron chi connectivity index (χ4n) is 3.37. The summed E-state index contributed by atoms with van der Waals surface area (Å²) < 4.78 is 11.6. The quantitative estimate of drug-likeness (QED) is 0.440. The lowest BCUT2D eigenvalue weighted by atomic mass is 9.65. The van der Waals surface area contributed by atoms with Crippen molar-refractivity contribution in [3.63, 3.8) is 0 Å². The van der Waals surface area contributed by atoms with Crippen molar-refractivity contribution in [1.82, 2.24) is 4.90 Å². The Morgan fingerprint density at radius 1 is 1.40 bits per heavy atom. The van der Waals surface area contributed by atoms with Crippen LogP contribution in [0.5, 0.6) is 0 Å². The predicted octanol–water partition coefficient (Wildman–Crippen LogP) is 2.39. The fraction of sp³-hybridized carbons (Fsp3) is 0.812. The molecule has 2 aliphatic heterocycles. The highest BCUT2D eigenvalue weighted by Crippen LogP contribution is 2.50. The molecule has 4 heteroatoms. The third kappa shape index (κ3) is 2.91. The first-order valence-electron chi connectivity index (χ1n) is 7.48. The average Bonchev–Trinajstić information content (AvgIpc) is 2.31. The highest BCUT2D eigenvalue weighted by atomic mass is 16.5. The number of ether oxygens (including phenoxy) is 2. The van der Waals surface area contributed by atoms with Gasteiger partial charge in [0.15, 0.2) is 5.78 Å². The Balaban J connectivity index is 2.01. The molecule has 2 heterocycles. The molecule has 0 aromatic carbocycles. The van der Waals surface area contributed by atoms with E-state index in [1.807, 2.05) is 21.0 Å². The molecule has 20 heavy (non-hydrogen) atoms. The molecule has 2 bridgehead atoms. The van der Waals surface area contributed by atoms with Crippen LogP contribution in [0.25, 0.3) is 0 Å². The Morgan fingerprint density at radius 3 is 2.70 bits per heavy atom. The van der Waals surface area contributed by atoms with E-state index >= 15 is 0 Å². The van der Waals surface area contributed by atoms with Gasteiger partial charge in [-0.25, -0.2) is 0 Å². The molecule has 0 unspecified atom stereocenters. The molecule has 3 aliphatic rings. The molecule has 0 N–H and O–H groups in total. The molecule has 4 nitrogen and oxygen atoms in total. The Labute approximate surface area is 122 Å². The van der Waals surface area contributed by atoms with Crippen molar-refractivity contribution >= 4 is 5.78 Å². The molecule has 0 amide bonds. The minimum Gasteiger partial charge on any atom is -0.501 e. The molecule has 0 radical (unpaired) electrons. The smallest absolute Gasteiger partial charge is 0.193 e. The van der Waals surface area contributed by atoms with Gasteiger partial charge < -0.3 is 14.4 Å². The van der Waals surface area contributed by atoms with Gasteiger partial charge in [0.1, 0.15) is 5.60 Å². The van der Waals surface area contributed by atoms with E-state index in [4.69, 9.17) is 9.47 Å². The van der Waals surface area contributed by atoms with Crippen LogP contribution >= 0.6 is 0 Å². The zero-order chi connectivity index (χ0) is 15.0. The van der Waals surface area contributed by atoms with E-state index in [2.05, 4.69) is 18.7 Å². The van der Waals surface area contributed by atoms with Crippen LogP contribution in [0.1, 0.15) is 40.0 Å². The molecular formula is C16H27NO3. The Kier molecular flexibility index (Phi) is 4.26. The van der Waals surface area contributed by atoms with Crippen LogP contribution in [0.2, 0.25) is 0 Å². The Hall–Kier alpha value is -0.870. The summed E-state index contributed by atoms with van der Waals surface area (Å²) in [4.78, 5) is 14.6. The summed E-state index contributed by atoms with van der Waals surface area (Å²) >= 11 is 0. The highest BCUT2D eigenvalue weighted by Gasteiger charge is 2.56. The van der Waals surface area contributed by atoms with Gasteiger partial charge in [-0.1, -0.05) is 0 Å². The van der Waals surface area contributed by atoms with E-state index in [9.17, 15) is 4.79 Å². The number of carbonyl (C=O) groups excluding carboxylic acids is 1. The topological polar surface area (TPSA) is 38.8 Å². The zero-order valence-electron chi connectivity index (χ0n) is 13.4. The van der Waals surface area contributed by atoms with Gasteiger partial charge in [-0.3, -0.25) is 4.79 Å². The van der Waals surface area contributed by atoms with Crippen LogP contribution in [0, 0.1) is 5.92 Å². The third-order valence-electron chi connectivity index (χ3n) is 4.43. The lowest BCUT2D eigenvalue weighted by Crippen LogP contribution is -2.60. The minimum absolute atomic E-state index is 0.112. The number of fused-ring (bicyclic) bond motifs is 3. The van der Waals surface area contributed by atoms with Crippen molar-refractivity contribution in [3.8, 4) is 0 Å². The van der Waals surface area contributed by atoms with Crippen molar-refractivity contribution in [2.45, 2.75) is 51.2 Å². The summed E-state index contributed by atoms with van der Waals surface area (Å²) in [6, 6.07) is 0. The van der Waals surface area contributed by atoms with Crippen molar-refractivity contribution in [2.24, 2.45) is 5.92 Å². The molecule has 3 rings (SSSR count). The number of carbonyl (C=O) groups is 1. The lowest BCUT2D eigenvalue weighted by Gasteiger charge is -2.53. The maximum atomic E-state index is 12.5. The molecule has 3 fully saturated rings. The minimum atomic E-state index is -0.656. The molecule has 1 aliphatic carbocycles. The van der Waals surface area contributed by atoms with Crippen molar-refractivity contribution in [3.05, 3.63) is 11.8 Å². The number of rotatable bonds is 5. The summed E-state index contributed by atoms with van der Waals surface area (Å²) in [6.45, 7) is 7.70. The predicted molar refractivity (Wildman–Crippen MR) is 78.5 cm³/mol. The van der Waals surface area contributed by atoms with E-state index in [1.165, 1.54) is 0 Å². The van der Waals surface area contributed by atoms with E-state index in [0.717, 1.165) is 31.4 Å². The Bertz CT molecular complexity index is 414. The summed E-state index contributed by atoms with van der Waals surface area (Å²) in [5.41, 5.74) is -0.114. The monoisotopic (exact) mass is 281 g/mol. The summed E-state index contributed by atoms with van der Waals surface area (Å²) in [6.07, 6.45) is 4.48. The molecule has 2 atom stereocenters. The molecular weight excluding hydrogens is 254 g/mol. The number of hydrogen-bond acceptors (Lipinski definition) is 4. The average molecular weight is 281 g/mol. The Morgan fingerprint density at radius 2 is 2.10 bits per heavy atom. The first-order chi connectivity index (χ1) is 9.26. The number of nitrogens with zero attached hydrogens (tertiary/aromatic N) is 1. The largest absolute Gasteiger partial charge is 0.501 e. The van der Waals surface area contributed by atoms with Crippen LogP contribution in [0.4, 0.5) is 0 Å². The first-order valence-corrected chi connectivity index (χ1v) is 7.48. The van der Waals surface area contributed by atoms with Crippen LogP contribution in [0.3, 0.4) is 0 Å². The lowest BCUT2D eigenvalue weighted by molar-refractivity contribution is -0.207. The van der Waals surface area contributed by atoms with Gasteiger partial charge in [0.25, 0.3) is 0 Å². The fourth-order valence-corrected chi connectivity index (χ4v) is 3.37. The third-order valence-corrected chi connectivity index (χ3v) is 4.43. The van der Waals surface area contributed by atoms with Gasteiger partial charge >= 0.3 is 0 Å². The number of hydrogen-bond donors (Lipinski definition) is 0. The van der Waals surface area contributed by atoms with E-state index in [-0.39, 0.29) is 17.3 Å². The van der Waals surface area contributed by atoms with Gasteiger partial charge in [0.2, 0.25) is 0 Å². The van der Waals surface area contributed by atoms with Crippen molar-refractivity contribution in [1.29, 1.82) is 0 Å². The van der Waals surface area contributed by atoms with Crippen molar-refractivity contribution < 1.29 is 14.3 Å². The maximum Gasteiger partial charge on any atom is 0.193 e. The second kappa shape index (κ2) is 5.49. The molecule has 0 spiro atoms. The van der Waals surface area contributed by atoms with Crippen molar-refractivity contribution in [2.75, 3.05) is 27.2 Å². The zero-order valence-corrected chi connectivity index (χ0v) is 13.4. The van der Waals surface area contributed by atoms with Gasteiger partial charge in [0.05, 0.1) is 18.5 Å². The van der Waals surface area contributed by atoms with Crippen LogP contribution in [-0.4, -0.2) is 49.1 Å². The van der Waals surface area contributed by atoms with Gasteiger partial charge in [0, 0.05) is 18.0 Å². The van der Waals surface area contributed by atoms with Crippen LogP contribution in [0.15, 0.2) is 11.8 Å². The van der Waals surface area contributed by atoms with Crippen LogP contribution < -0.4 is 0 Å². The van der Waals surface area contributed by atoms with E-state index in [0.29, 0.717) is 6.61 Å². The summed E-state index contributed by atoms with van der Waals surface area (Å²) in [5, 5.41) is 0. The highest BCUT2D eigenvalue weighted by molar-refractivity contribution is 6.03. The molecule has 0 aromatic heterocycles. The van der Waals surface area contributed by atoms with E-state index < -0.39 is 5.60 Å². The van der Waals surface area contributed by atoms with Crippen LogP contribution in [-0.2, 0) is 14.3 Å². The number of Topliss-reactive ketones (excluding diaryl/α,β-unsaturated/α-hetero) is 1. The van der Waals surface area contributed by atoms with Gasteiger partial charge in [-0.05, 0) is 54.1 Å². The second-order valence-electron chi connectivity index (χ2n) is 6.96. The van der Waals surface area contributed by atoms with Gasteiger partial charge in [-0.2, -0.15) is 0 Å². The molecule has 0 aromatic rings. The SMILES string of the molecule is CN(C)CCCO/C=C1\C(=O)[C@]2(C)CC[C@H]1C(C)(C)O2. The standard InChI is InChI=1S/C16H27NO3/c1-15(2)13-7-8-16(3,20-15)14(18)12(13)11-19-10-6-9-17(4)5/h11,13H,6-10H2,1-5H3/b12-11-/t13-,16+/m1/s1. The molecule has 1 saturated carbocycles. The normalized spacial score (nSPS) is 34.0. The van der Waals surface area contributed by atoms with E-state index in [1.54, 1.807) is 6.26 Å². The molecule has 114 valence electrons. The summed E-state index contributed by atoms with van der Waals surface area (Å²) in [5.74, 6) is 0.270. The first kappa shape index (κ1) is 15.5. The maximum absolute atomic E-state index is 12.5. The number of ketones is 1. The second-order valence-corrected chi connectivity index (χ2v) is 6.96.